The molecule has 1 aromatic rings. The Kier molecular flexibility index (Phi) is 5.74. The second-order valence-corrected chi connectivity index (χ2v) is 6.41. The lowest BCUT2D eigenvalue weighted by Crippen LogP contribution is -2.47. The van der Waals surface area contributed by atoms with E-state index in [2.05, 4.69) is 67.1 Å². The molecule has 1 heterocycles. The van der Waals surface area contributed by atoms with Gasteiger partial charge in [0.25, 0.3) is 0 Å². The van der Waals surface area contributed by atoms with Gasteiger partial charge in [-0.3, -0.25) is 4.90 Å². The minimum Gasteiger partial charge on any atom is -0.309 e. The normalized spacial score (nSPS) is 22.4. The summed E-state index contributed by atoms with van der Waals surface area (Å²) < 4.78 is 0. The predicted octanol–water partition coefficient (Wildman–Crippen LogP) is 2.95. The molecule has 1 saturated heterocycles. The Bertz CT molecular complexity index is 394. The highest BCUT2D eigenvalue weighted by Gasteiger charge is 2.28. The Morgan fingerprint density at radius 1 is 1.42 bits per heavy atom. The number of aryl methyl sites for hydroxylation is 1. The fraction of sp³-hybridized carbons (Fsp3) is 0.625. The van der Waals surface area contributed by atoms with E-state index in [4.69, 9.17) is 0 Å². The van der Waals surface area contributed by atoms with Gasteiger partial charge in [0.1, 0.15) is 0 Å². The second kappa shape index (κ2) is 7.32. The molecular formula is C16H26N2S. The lowest BCUT2D eigenvalue weighted by atomic mass is 9.96. The van der Waals surface area contributed by atoms with Crippen molar-refractivity contribution in [3.05, 3.63) is 35.4 Å². The molecule has 2 unspecified atom stereocenters. The van der Waals surface area contributed by atoms with Crippen molar-refractivity contribution in [2.45, 2.75) is 32.4 Å². The summed E-state index contributed by atoms with van der Waals surface area (Å²) in [7, 11) is 2.26. The Labute approximate surface area is 122 Å². The molecule has 1 aliphatic rings. The van der Waals surface area contributed by atoms with Gasteiger partial charge in [-0.2, -0.15) is 11.8 Å². The minimum absolute atomic E-state index is 0.453. The molecule has 0 saturated carbocycles. The highest BCUT2D eigenvalue weighted by atomic mass is 32.2. The van der Waals surface area contributed by atoms with E-state index in [1.54, 1.807) is 0 Å². The van der Waals surface area contributed by atoms with E-state index in [0.29, 0.717) is 12.1 Å². The molecule has 19 heavy (non-hydrogen) atoms. The summed E-state index contributed by atoms with van der Waals surface area (Å²) in [5.74, 6) is 2.49. The summed E-state index contributed by atoms with van der Waals surface area (Å²) in [4.78, 5) is 2.52. The van der Waals surface area contributed by atoms with Crippen LogP contribution in [0, 0.1) is 0 Å². The largest absolute Gasteiger partial charge is 0.309 e. The number of hydrogen-bond acceptors (Lipinski definition) is 3. The zero-order chi connectivity index (χ0) is 13.7. The molecule has 0 aromatic heterocycles. The van der Waals surface area contributed by atoms with Crippen LogP contribution in [0.3, 0.4) is 0 Å². The summed E-state index contributed by atoms with van der Waals surface area (Å²) >= 11 is 2.08. The van der Waals surface area contributed by atoms with E-state index in [9.17, 15) is 0 Å². The first-order chi connectivity index (χ1) is 9.26. The summed E-state index contributed by atoms with van der Waals surface area (Å²) in [5.41, 5.74) is 2.88. The molecule has 1 fully saturated rings. The minimum atomic E-state index is 0.453. The van der Waals surface area contributed by atoms with Crippen LogP contribution in [0.2, 0.25) is 0 Å². The van der Waals surface area contributed by atoms with Crippen molar-refractivity contribution in [3.8, 4) is 0 Å². The summed E-state index contributed by atoms with van der Waals surface area (Å²) in [6.07, 6.45) is 1.11. The van der Waals surface area contributed by atoms with E-state index in [-0.39, 0.29) is 0 Å². The third kappa shape index (κ3) is 3.74. The van der Waals surface area contributed by atoms with Gasteiger partial charge >= 0.3 is 0 Å². The molecule has 0 bridgehead atoms. The Balaban J connectivity index is 2.22. The van der Waals surface area contributed by atoms with Crippen LogP contribution in [-0.4, -0.2) is 42.6 Å². The van der Waals surface area contributed by atoms with Crippen LogP contribution in [0.1, 0.15) is 31.0 Å². The maximum atomic E-state index is 3.70. The van der Waals surface area contributed by atoms with E-state index in [1.807, 2.05) is 0 Å². The summed E-state index contributed by atoms with van der Waals surface area (Å²) in [6.45, 7) is 6.65. The molecule has 3 heteroatoms. The van der Waals surface area contributed by atoms with Gasteiger partial charge in [-0.05, 0) is 31.1 Å². The van der Waals surface area contributed by atoms with Crippen molar-refractivity contribution in [1.82, 2.24) is 10.2 Å². The van der Waals surface area contributed by atoms with Gasteiger partial charge in [0, 0.05) is 30.1 Å². The smallest absolute Gasteiger partial charge is 0.0486 e. The Morgan fingerprint density at radius 2 is 2.26 bits per heavy atom. The van der Waals surface area contributed by atoms with Crippen molar-refractivity contribution in [1.29, 1.82) is 0 Å². The highest BCUT2D eigenvalue weighted by Crippen LogP contribution is 2.27. The zero-order valence-electron chi connectivity index (χ0n) is 12.4. The fourth-order valence-corrected chi connectivity index (χ4v) is 4.03. The number of hydrogen-bond donors (Lipinski definition) is 1. The Morgan fingerprint density at radius 3 is 2.95 bits per heavy atom. The molecule has 1 aliphatic heterocycles. The molecule has 2 rings (SSSR count). The number of likely N-dealkylation sites (N-methyl/N-ethyl adjacent to an activating group) is 2. The van der Waals surface area contributed by atoms with Crippen LogP contribution in [0.5, 0.6) is 0 Å². The summed E-state index contributed by atoms with van der Waals surface area (Å²) in [5, 5.41) is 3.70. The van der Waals surface area contributed by atoms with Gasteiger partial charge in [0.2, 0.25) is 0 Å². The van der Waals surface area contributed by atoms with E-state index in [1.165, 1.54) is 29.2 Å². The van der Waals surface area contributed by atoms with E-state index < -0.39 is 0 Å². The van der Waals surface area contributed by atoms with Gasteiger partial charge in [-0.1, -0.05) is 38.1 Å². The van der Waals surface area contributed by atoms with Crippen molar-refractivity contribution < 1.29 is 0 Å². The van der Waals surface area contributed by atoms with Gasteiger partial charge in [0.15, 0.2) is 0 Å². The van der Waals surface area contributed by atoms with Crippen LogP contribution >= 0.6 is 11.8 Å². The third-order valence-corrected chi connectivity index (χ3v) is 5.02. The first-order valence-electron chi connectivity index (χ1n) is 7.36. The second-order valence-electron chi connectivity index (χ2n) is 5.26. The fourth-order valence-electron chi connectivity index (χ4n) is 2.76. The average molecular weight is 278 g/mol. The highest BCUT2D eigenvalue weighted by molar-refractivity contribution is 7.99. The topological polar surface area (TPSA) is 15.3 Å². The number of thioether (sulfide) groups is 1. The average Bonchev–Trinajstić information content (AvgIpc) is 2.46. The number of nitrogens with one attached hydrogen (secondary N) is 1. The zero-order valence-corrected chi connectivity index (χ0v) is 13.2. The maximum absolute atomic E-state index is 3.70. The molecule has 1 N–H and O–H groups in total. The van der Waals surface area contributed by atoms with E-state index in [0.717, 1.165) is 13.0 Å². The van der Waals surface area contributed by atoms with Gasteiger partial charge in [-0.25, -0.2) is 0 Å². The third-order valence-electron chi connectivity index (χ3n) is 3.97. The van der Waals surface area contributed by atoms with Crippen LogP contribution in [0.4, 0.5) is 0 Å². The standard InChI is InChI=1S/C16H26N2S/c1-4-13-7-6-8-14(11-13)16(17-5-2)15-12-19-10-9-18(15)3/h6-8,11,15-17H,4-5,9-10,12H2,1-3H3. The SMILES string of the molecule is CCNC(c1cccc(CC)c1)C1CSCCN1C. The molecule has 0 spiro atoms. The summed E-state index contributed by atoms with van der Waals surface area (Å²) in [6, 6.07) is 10.1. The molecule has 2 nitrogen and oxygen atoms in total. The Hall–Kier alpha value is -0.510. The van der Waals surface area contributed by atoms with Crippen molar-refractivity contribution in [2.24, 2.45) is 0 Å². The van der Waals surface area contributed by atoms with Gasteiger partial charge in [-0.15, -0.1) is 0 Å². The van der Waals surface area contributed by atoms with Gasteiger partial charge < -0.3 is 5.32 Å². The van der Waals surface area contributed by atoms with Crippen molar-refractivity contribution in [2.75, 3.05) is 31.6 Å². The molecule has 0 radical (unpaired) electrons. The van der Waals surface area contributed by atoms with Crippen molar-refractivity contribution in [3.63, 3.8) is 0 Å². The quantitative estimate of drug-likeness (QED) is 0.891. The van der Waals surface area contributed by atoms with Crippen LogP contribution in [-0.2, 0) is 6.42 Å². The van der Waals surface area contributed by atoms with Crippen molar-refractivity contribution >= 4 is 11.8 Å². The molecular weight excluding hydrogens is 252 g/mol. The number of benzene rings is 1. The van der Waals surface area contributed by atoms with Crippen LogP contribution in [0.25, 0.3) is 0 Å². The molecule has 2 atom stereocenters. The molecule has 1 aromatic carbocycles. The number of rotatable bonds is 5. The van der Waals surface area contributed by atoms with Crippen LogP contribution < -0.4 is 5.32 Å². The monoisotopic (exact) mass is 278 g/mol. The lowest BCUT2D eigenvalue weighted by Gasteiger charge is -2.38. The molecule has 0 amide bonds. The predicted molar refractivity (Wildman–Crippen MR) is 86.0 cm³/mol. The van der Waals surface area contributed by atoms with Gasteiger partial charge in [0.05, 0.1) is 0 Å². The lowest BCUT2D eigenvalue weighted by molar-refractivity contribution is 0.217. The number of nitrogens with zero attached hydrogens (tertiary/aromatic N) is 1. The first kappa shape index (κ1) is 14.9. The van der Waals surface area contributed by atoms with Crippen LogP contribution in [0.15, 0.2) is 24.3 Å². The molecule has 0 aliphatic carbocycles. The molecule has 106 valence electrons. The maximum Gasteiger partial charge on any atom is 0.0486 e. The first-order valence-corrected chi connectivity index (χ1v) is 8.52. The van der Waals surface area contributed by atoms with E-state index >= 15 is 0 Å².